The van der Waals surface area contributed by atoms with Gasteiger partial charge in [-0.3, -0.25) is 0 Å². The molecular weight excluding hydrogens is 323 g/mol. The molecule has 2 rings (SSSR count). The third-order valence-corrected chi connectivity index (χ3v) is 3.87. The molecule has 0 saturated carbocycles. The Hall–Kier alpha value is 0.0700. The SMILES string of the molecule is Clc1ccc2c(c1)OC(Br)C(Br)O2. The van der Waals surface area contributed by atoms with Crippen molar-refractivity contribution in [2.75, 3.05) is 0 Å². The Morgan fingerprint density at radius 2 is 1.69 bits per heavy atom. The van der Waals surface area contributed by atoms with Crippen LogP contribution in [0.1, 0.15) is 0 Å². The van der Waals surface area contributed by atoms with Crippen molar-refractivity contribution in [2.24, 2.45) is 0 Å². The number of halogens is 3. The monoisotopic (exact) mass is 326 g/mol. The molecule has 0 saturated heterocycles. The van der Waals surface area contributed by atoms with Crippen LogP contribution >= 0.6 is 43.5 Å². The maximum absolute atomic E-state index is 5.80. The molecule has 0 spiro atoms. The third kappa shape index (κ3) is 1.95. The first kappa shape index (κ1) is 9.62. The summed E-state index contributed by atoms with van der Waals surface area (Å²) in [5.74, 6) is 1.35. The van der Waals surface area contributed by atoms with Gasteiger partial charge >= 0.3 is 0 Å². The molecular formula is C8H5Br2ClO2. The van der Waals surface area contributed by atoms with Gasteiger partial charge < -0.3 is 9.47 Å². The van der Waals surface area contributed by atoms with Crippen LogP contribution in [0.3, 0.4) is 0 Å². The minimum Gasteiger partial charge on any atom is -0.470 e. The minimum absolute atomic E-state index is 0.179. The summed E-state index contributed by atoms with van der Waals surface area (Å²) in [6.45, 7) is 0. The molecule has 0 bridgehead atoms. The average Bonchev–Trinajstić information content (AvgIpc) is 2.08. The Morgan fingerprint density at radius 3 is 2.38 bits per heavy atom. The Balaban J connectivity index is 2.37. The van der Waals surface area contributed by atoms with E-state index in [9.17, 15) is 0 Å². The first-order valence-corrected chi connectivity index (χ1v) is 5.79. The van der Waals surface area contributed by atoms with Crippen molar-refractivity contribution < 1.29 is 9.47 Å². The second kappa shape index (κ2) is 3.67. The lowest BCUT2D eigenvalue weighted by Crippen LogP contribution is -2.30. The smallest absolute Gasteiger partial charge is 0.200 e. The van der Waals surface area contributed by atoms with Crippen LogP contribution in [-0.4, -0.2) is 10.0 Å². The van der Waals surface area contributed by atoms with Crippen molar-refractivity contribution in [3.63, 3.8) is 0 Å². The third-order valence-electron chi connectivity index (χ3n) is 1.59. The molecule has 1 aliphatic heterocycles. The highest BCUT2D eigenvalue weighted by Gasteiger charge is 2.27. The van der Waals surface area contributed by atoms with Gasteiger partial charge in [-0.25, -0.2) is 0 Å². The van der Waals surface area contributed by atoms with Crippen molar-refractivity contribution in [2.45, 2.75) is 10.0 Å². The summed E-state index contributed by atoms with van der Waals surface area (Å²) in [5, 5.41) is 0.259. The molecule has 0 aliphatic carbocycles. The molecule has 1 aromatic rings. The average molecular weight is 328 g/mol. The van der Waals surface area contributed by atoms with Crippen molar-refractivity contribution in [3.8, 4) is 11.5 Å². The van der Waals surface area contributed by atoms with Crippen LogP contribution in [0, 0.1) is 0 Å². The predicted octanol–water partition coefficient (Wildman–Crippen LogP) is 3.55. The zero-order valence-electron chi connectivity index (χ0n) is 6.34. The Kier molecular flexibility index (Phi) is 2.72. The zero-order chi connectivity index (χ0) is 9.42. The summed E-state index contributed by atoms with van der Waals surface area (Å²) in [6.07, 6.45) is 0. The number of alkyl halides is 2. The number of hydrogen-bond donors (Lipinski definition) is 0. The van der Waals surface area contributed by atoms with E-state index in [-0.39, 0.29) is 10.0 Å². The molecule has 0 amide bonds. The fraction of sp³-hybridized carbons (Fsp3) is 0.250. The molecule has 1 aliphatic rings. The summed E-state index contributed by atoms with van der Waals surface area (Å²) >= 11 is 12.4. The van der Waals surface area contributed by atoms with E-state index in [0.29, 0.717) is 16.5 Å². The zero-order valence-corrected chi connectivity index (χ0v) is 10.3. The normalized spacial score (nSPS) is 25.8. The molecule has 2 unspecified atom stereocenters. The summed E-state index contributed by atoms with van der Waals surface area (Å²) < 4.78 is 11.0. The van der Waals surface area contributed by atoms with Crippen LogP contribution in [-0.2, 0) is 0 Å². The number of ether oxygens (including phenoxy) is 2. The van der Waals surface area contributed by atoms with Gasteiger partial charge in [0.1, 0.15) is 0 Å². The van der Waals surface area contributed by atoms with Gasteiger partial charge in [0.15, 0.2) is 21.5 Å². The Morgan fingerprint density at radius 1 is 1.08 bits per heavy atom. The highest BCUT2D eigenvalue weighted by atomic mass is 79.9. The van der Waals surface area contributed by atoms with E-state index < -0.39 is 0 Å². The molecule has 0 N–H and O–H groups in total. The van der Waals surface area contributed by atoms with Gasteiger partial charge in [0, 0.05) is 11.1 Å². The predicted molar refractivity (Wildman–Crippen MR) is 58.1 cm³/mol. The van der Waals surface area contributed by atoms with E-state index in [0.717, 1.165) is 0 Å². The van der Waals surface area contributed by atoms with Crippen molar-refractivity contribution >= 4 is 43.5 Å². The molecule has 13 heavy (non-hydrogen) atoms. The summed E-state index contributed by atoms with van der Waals surface area (Å²) in [4.78, 5) is 0. The molecule has 70 valence electrons. The Bertz CT molecular complexity index is 332. The molecule has 0 aromatic heterocycles. The van der Waals surface area contributed by atoms with Crippen LogP contribution in [0.2, 0.25) is 5.02 Å². The number of hydrogen-bond acceptors (Lipinski definition) is 2. The lowest BCUT2D eigenvalue weighted by Gasteiger charge is -2.27. The molecule has 2 atom stereocenters. The maximum Gasteiger partial charge on any atom is 0.200 e. The quantitative estimate of drug-likeness (QED) is 0.678. The first-order valence-electron chi connectivity index (χ1n) is 3.58. The van der Waals surface area contributed by atoms with E-state index in [1.165, 1.54) is 0 Å². The van der Waals surface area contributed by atoms with Gasteiger partial charge in [0.05, 0.1) is 0 Å². The van der Waals surface area contributed by atoms with E-state index >= 15 is 0 Å². The second-order valence-electron chi connectivity index (χ2n) is 2.53. The van der Waals surface area contributed by atoms with Crippen LogP contribution in [0.15, 0.2) is 18.2 Å². The van der Waals surface area contributed by atoms with E-state index in [1.807, 2.05) is 0 Å². The van der Waals surface area contributed by atoms with Gasteiger partial charge in [-0.1, -0.05) is 11.6 Å². The van der Waals surface area contributed by atoms with Gasteiger partial charge in [-0.2, -0.15) is 0 Å². The first-order chi connectivity index (χ1) is 6.16. The van der Waals surface area contributed by atoms with Gasteiger partial charge in [-0.15, -0.1) is 0 Å². The minimum atomic E-state index is -0.196. The van der Waals surface area contributed by atoms with Crippen LogP contribution < -0.4 is 9.47 Å². The fourth-order valence-electron chi connectivity index (χ4n) is 1.02. The van der Waals surface area contributed by atoms with E-state index in [1.54, 1.807) is 18.2 Å². The van der Waals surface area contributed by atoms with Gasteiger partial charge in [0.2, 0.25) is 0 Å². The Labute approximate surface area is 97.4 Å². The van der Waals surface area contributed by atoms with E-state index in [2.05, 4.69) is 31.9 Å². The van der Waals surface area contributed by atoms with Gasteiger partial charge in [-0.05, 0) is 44.0 Å². The fourth-order valence-corrected chi connectivity index (χ4v) is 1.80. The van der Waals surface area contributed by atoms with Gasteiger partial charge in [0.25, 0.3) is 0 Å². The molecule has 0 radical (unpaired) electrons. The molecule has 1 heterocycles. The van der Waals surface area contributed by atoms with Crippen LogP contribution in [0.25, 0.3) is 0 Å². The number of benzene rings is 1. The number of fused-ring (bicyclic) bond motifs is 1. The molecule has 0 fully saturated rings. The van der Waals surface area contributed by atoms with Crippen LogP contribution in [0.5, 0.6) is 11.5 Å². The van der Waals surface area contributed by atoms with Crippen molar-refractivity contribution in [1.29, 1.82) is 0 Å². The lowest BCUT2D eigenvalue weighted by molar-refractivity contribution is 0.135. The lowest BCUT2D eigenvalue weighted by atomic mass is 10.3. The van der Waals surface area contributed by atoms with Crippen molar-refractivity contribution in [3.05, 3.63) is 23.2 Å². The topological polar surface area (TPSA) is 18.5 Å². The summed E-state index contributed by atoms with van der Waals surface area (Å²) in [6, 6.07) is 5.27. The maximum atomic E-state index is 5.80. The molecule has 5 heteroatoms. The standard InChI is InChI=1S/C8H5Br2ClO2/c9-7-8(10)13-6-3-4(11)1-2-5(6)12-7/h1-3,7-8H. The highest BCUT2D eigenvalue weighted by molar-refractivity contribution is 9.12. The second-order valence-corrected chi connectivity index (χ2v) is 4.77. The van der Waals surface area contributed by atoms with E-state index in [4.69, 9.17) is 21.1 Å². The number of rotatable bonds is 0. The highest BCUT2D eigenvalue weighted by Crippen LogP contribution is 2.38. The van der Waals surface area contributed by atoms with Crippen molar-refractivity contribution in [1.82, 2.24) is 0 Å². The summed E-state index contributed by atoms with van der Waals surface area (Å²) in [7, 11) is 0. The molecule has 1 aromatic carbocycles. The molecule has 2 nitrogen and oxygen atoms in total. The van der Waals surface area contributed by atoms with Crippen LogP contribution in [0.4, 0.5) is 0 Å². The largest absolute Gasteiger partial charge is 0.470 e. The summed E-state index contributed by atoms with van der Waals surface area (Å²) in [5.41, 5.74) is 0.